The number of benzene rings is 3. The lowest BCUT2D eigenvalue weighted by Gasteiger charge is -2.32. The fraction of sp³-hybridized carbons (Fsp3) is 0.171. The van der Waals surface area contributed by atoms with Crippen LogP contribution in [-0.2, 0) is 31.6 Å². The minimum atomic E-state index is -6.16. The van der Waals surface area contributed by atoms with Crippen LogP contribution in [0.3, 0.4) is 0 Å². The largest absolute Gasteiger partial charge is 0.756 e. The number of anilines is 2. The van der Waals surface area contributed by atoms with Gasteiger partial charge < -0.3 is 75.0 Å². The second-order valence-electron chi connectivity index (χ2n) is 13.3. The van der Waals surface area contributed by atoms with Crippen molar-refractivity contribution < 1.29 is 75.4 Å². The van der Waals surface area contributed by atoms with Gasteiger partial charge in [0.25, 0.3) is 34.9 Å². The summed E-state index contributed by atoms with van der Waals surface area (Å²) < 4.78 is 58.3. The average molecular weight is 912 g/mol. The van der Waals surface area contributed by atoms with E-state index in [0.717, 1.165) is 10.6 Å². The highest BCUT2D eigenvalue weighted by Crippen LogP contribution is 2.61. The number of carbonyl (C=O) groups excluding carboxylic acids is 2. The number of aromatic nitrogens is 3. The summed E-state index contributed by atoms with van der Waals surface area (Å²) in [7, 11) is -18.0. The Bertz CT molecular complexity index is 3110. The van der Waals surface area contributed by atoms with Gasteiger partial charge in [-0.05, 0) is 42.0 Å². The van der Waals surface area contributed by atoms with Crippen LogP contribution in [-0.4, -0.2) is 61.8 Å². The molecule has 2 aliphatic heterocycles. The van der Waals surface area contributed by atoms with Crippen molar-refractivity contribution in [2.24, 2.45) is 0 Å². The number of phosphoric ester groups is 1. The SMILES string of the molecule is N=c1ccc2c(-c3ccc(C(=O)NCC#Cc4cn(C5OC(COP(=O)([O-])OP(=O)([O-])OP(=O)([O-])O)CC5O)c5nc(N)[nH]c(=O)c45)cc3C(=O)[O-])c3ccc(N)cc3oc-2c1. The molecule has 2 aromatic carbocycles. The standard InChI is InChI=1S/C35H32N7O17P3/c36-18-4-7-22-26(11-18)57-27-12-19(37)5-8-23(27)29(22)21-6-3-16(10-24(21)34(46)47)31(44)39-9-1-2-17-14-42(30-28(17)32(45)41-35(38)40-30)33-25(43)13-20(56-33)15-55-61(51,52)59-62(53,54)58-60(48,49)50/h3-8,10-12,14,20,25,33,36,43H,9,13,15,37H2,(H,39,44)(H,46,47)(H,51,52)(H,53,54)(H2,48,49,50)(H3,38,40,41,45)/p-4. The summed E-state index contributed by atoms with van der Waals surface area (Å²) in [5, 5.41) is 34.4. The van der Waals surface area contributed by atoms with E-state index >= 15 is 0 Å². The molecule has 1 fully saturated rings. The number of carboxylic acids is 1. The number of nitrogen functional groups attached to an aromatic ring is 2. The Morgan fingerprint density at radius 2 is 1.79 bits per heavy atom. The summed E-state index contributed by atoms with van der Waals surface area (Å²) >= 11 is 0. The molecule has 1 aliphatic carbocycles. The summed E-state index contributed by atoms with van der Waals surface area (Å²) in [5.41, 5.74) is 12.2. The van der Waals surface area contributed by atoms with Crippen LogP contribution in [0.4, 0.5) is 11.6 Å². The smallest absolute Gasteiger partial charge is 0.280 e. The number of hydrogen-bond acceptors (Lipinski definition) is 20. The van der Waals surface area contributed by atoms with Crippen LogP contribution in [0, 0.1) is 17.3 Å². The Morgan fingerprint density at radius 3 is 2.52 bits per heavy atom. The normalized spacial score (nSPS) is 19.3. The maximum absolute atomic E-state index is 13.3. The average Bonchev–Trinajstić information content (AvgIpc) is 3.72. The third-order valence-corrected chi connectivity index (χ3v) is 12.7. The van der Waals surface area contributed by atoms with Crippen LogP contribution in [0.5, 0.6) is 0 Å². The van der Waals surface area contributed by atoms with E-state index in [4.69, 9.17) is 30.9 Å². The van der Waals surface area contributed by atoms with Crippen molar-refractivity contribution in [3.05, 3.63) is 93.2 Å². The first kappa shape index (κ1) is 44.0. The van der Waals surface area contributed by atoms with E-state index in [1.807, 2.05) is 0 Å². The van der Waals surface area contributed by atoms with Crippen LogP contribution in [0.1, 0.15) is 38.9 Å². The molecule has 4 heterocycles. The van der Waals surface area contributed by atoms with Gasteiger partial charge >= 0.3 is 0 Å². The van der Waals surface area contributed by atoms with Crippen LogP contribution >= 0.6 is 23.5 Å². The number of phosphoric acid groups is 3. The van der Waals surface area contributed by atoms with E-state index in [9.17, 15) is 53.0 Å². The Labute approximate surface area is 346 Å². The zero-order valence-electron chi connectivity index (χ0n) is 31.0. The monoisotopic (exact) mass is 911 g/mol. The van der Waals surface area contributed by atoms with E-state index < -0.39 is 65.9 Å². The minimum Gasteiger partial charge on any atom is -0.756 e. The molecule has 3 aliphatic rings. The van der Waals surface area contributed by atoms with Crippen LogP contribution in [0.2, 0.25) is 0 Å². The zero-order chi connectivity index (χ0) is 44.9. The van der Waals surface area contributed by atoms with E-state index in [1.54, 1.807) is 24.3 Å². The Balaban J connectivity index is 1.09. The lowest BCUT2D eigenvalue weighted by molar-refractivity contribution is -0.255. The number of nitrogens with one attached hydrogen (secondary N) is 3. The van der Waals surface area contributed by atoms with Gasteiger partial charge in [0.15, 0.2) is 11.9 Å². The molecule has 24 nitrogen and oxygen atoms in total. The van der Waals surface area contributed by atoms with Crippen molar-refractivity contribution in [3.63, 3.8) is 0 Å². The van der Waals surface area contributed by atoms with Gasteiger partial charge in [-0.25, -0.2) is 8.62 Å². The molecule has 6 atom stereocenters. The molecule has 1 amide bonds. The lowest BCUT2D eigenvalue weighted by atomic mass is 9.89. The van der Waals surface area contributed by atoms with Gasteiger partial charge in [0, 0.05) is 58.1 Å². The van der Waals surface area contributed by atoms with E-state index in [1.165, 1.54) is 30.5 Å². The molecule has 0 saturated carbocycles. The number of aromatic carboxylic acids is 1. The third-order valence-electron chi connectivity index (χ3n) is 9.04. The fourth-order valence-corrected chi connectivity index (χ4v) is 9.56. The number of hydrogen-bond donors (Lipinski definition) is 7. The number of fused-ring (bicyclic) bond motifs is 3. The molecule has 2 aromatic heterocycles. The number of ether oxygens (including phenoxy) is 1. The number of aliphatic hydroxyl groups is 1. The highest BCUT2D eigenvalue weighted by Gasteiger charge is 2.38. The number of aliphatic hydroxyl groups excluding tert-OH is 1. The lowest BCUT2D eigenvalue weighted by Crippen LogP contribution is -2.26. The molecule has 4 aromatic rings. The van der Waals surface area contributed by atoms with Crippen molar-refractivity contribution in [2.45, 2.75) is 24.9 Å². The highest BCUT2D eigenvalue weighted by molar-refractivity contribution is 7.65. The second kappa shape index (κ2) is 16.7. The summed E-state index contributed by atoms with van der Waals surface area (Å²) in [6.07, 6.45) is -3.22. The number of rotatable bonds is 12. The molecule has 0 bridgehead atoms. The molecular formula is C35H28N7O17P3-4. The Morgan fingerprint density at radius 1 is 1.05 bits per heavy atom. The van der Waals surface area contributed by atoms with Gasteiger partial charge in [-0.15, -0.1) is 0 Å². The fourth-order valence-electron chi connectivity index (χ4n) is 6.65. The van der Waals surface area contributed by atoms with Crippen molar-refractivity contribution in [1.29, 1.82) is 5.41 Å². The molecule has 0 radical (unpaired) electrons. The van der Waals surface area contributed by atoms with Crippen molar-refractivity contribution in [3.8, 4) is 34.3 Å². The summed E-state index contributed by atoms with van der Waals surface area (Å²) in [4.78, 5) is 88.0. The van der Waals surface area contributed by atoms with Gasteiger partial charge in [0.2, 0.25) is 5.95 Å². The first-order valence-electron chi connectivity index (χ1n) is 17.5. The molecule has 7 rings (SSSR count). The molecule has 27 heteroatoms. The molecule has 324 valence electrons. The van der Waals surface area contributed by atoms with Crippen LogP contribution < -0.4 is 47.5 Å². The van der Waals surface area contributed by atoms with Crippen LogP contribution in [0.25, 0.3) is 44.5 Å². The van der Waals surface area contributed by atoms with Gasteiger partial charge in [-0.3, -0.25) is 28.3 Å². The van der Waals surface area contributed by atoms with Crippen molar-refractivity contribution in [1.82, 2.24) is 19.9 Å². The topological polar surface area (TPSA) is 407 Å². The number of H-pyrrole nitrogens is 1. The van der Waals surface area contributed by atoms with Gasteiger partial charge in [-0.2, -0.15) is 4.98 Å². The van der Waals surface area contributed by atoms with E-state index in [-0.39, 0.29) is 63.3 Å². The van der Waals surface area contributed by atoms with Gasteiger partial charge in [0.1, 0.15) is 17.4 Å². The Kier molecular flexibility index (Phi) is 11.9. The second-order valence-corrected chi connectivity index (χ2v) is 17.6. The maximum atomic E-state index is 13.3. The Hall–Kier alpha value is -6.02. The quantitative estimate of drug-likeness (QED) is 0.0339. The van der Waals surface area contributed by atoms with Crippen molar-refractivity contribution >= 4 is 69.0 Å². The summed E-state index contributed by atoms with van der Waals surface area (Å²) in [6.45, 7) is -1.32. The van der Waals surface area contributed by atoms with Crippen LogP contribution in [0.15, 0.2) is 70.0 Å². The third kappa shape index (κ3) is 9.55. The first-order valence-corrected chi connectivity index (χ1v) is 21.9. The molecule has 62 heavy (non-hydrogen) atoms. The predicted molar refractivity (Wildman–Crippen MR) is 205 cm³/mol. The number of amides is 1. The zero-order valence-corrected chi connectivity index (χ0v) is 33.7. The number of nitrogens with two attached hydrogens (primary N) is 2. The molecule has 6 unspecified atom stereocenters. The number of aromatic amines is 1. The van der Waals surface area contributed by atoms with E-state index in [2.05, 4.69) is 40.3 Å². The van der Waals surface area contributed by atoms with Gasteiger partial charge in [-0.1, -0.05) is 17.9 Å². The molecular weight excluding hydrogens is 883 g/mol. The van der Waals surface area contributed by atoms with E-state index in [0.29, 0.717) is 27.8 Å². The summed E-state index contributed by atoms with van der Waals surface area (Å²) in [6, 6.07) is 13.4. The first-order chi connectivity index (χ1) is 29.1. The van der Waals surface area contributed by atoms with Gasteiger partial charge in [0.05, 0.1) is 41.5 Å². The predicted octanol–water partition coefficient (Wildman–Crippen LogP) is -0.873. The number of carboxylic acid groups (broad SMARTS) is 1. The molecule has 9 N–H and O–H groups in total. The number of nitrogens with zero attached hydrogens (tertiary/aromatic N) is 2. The minimum absolute atomic E-state index is 0.00126. The maximum Gasteiger partial charge on any atom is 0.280 e. The highest BCUT2D eigenvalue weighted by atomic mass is 31.3. The summed E-state index contributed by atoms with van der Waals surface area (Å²) in [5.74, 6) is 2.99. The molecule has 0 spiro atoms. The van der Waals surface area contributed by atoms with Crippen molar-refractivity contribution in [2.75, 3.05) is 24.6 Å². The molecule has 1 saturated heterocycles. The number of carbonyl (C=O) groups is 2.